The van der Waals surface area contributed by atoms with Crippen LogP contribution in [0.25, 0.3) is 10.9 Å². The van der Waals surface area contributed by atoms with Gasteiger partial charge in [0.2, 0.25) is 0 Å². The standard InChI is InChI=1S/C18H18N2O/c1-21-13-16-7-3-2-6-15(16)12-20-17-10-4-8-14-9-5-11-19-18(14)17/h2-11,20H,12-13H2,1H3. The molecule has 2 aromatic carbocycles. The largest absolute Gasteiger partial charge is 0.380 e. The van der Waals surface area contributed by atoms with Crippen LogP contribution in [0.1, 0.15) is 11.1 Å². The first kappa shape index (κ1) is 13.6. The minimum atomic E-state index is 0.631. The minimum absolute atomic E-state index is 0.631. The Morgan fingerprint density at radius 2 is 1.76 bits per heavy atom. The minimum Gasteiger partial charge on any atom is -0.380 e. The van der Waals surface area contributed by atoms with Crippen LogP contribution >= 0.6 is 0 Å². The van der Waals surface area contributed by atoms with Gasteiger partial charge in [-0.3, -0.25) is 4.98 Å². The van der Waals surface area contributed by atoms with Crippen molar-refractivity contribution >= 4 is 16.6 Å². The van der Waals surface area contributed by atoms with Crippen LogP contribution in [0.2, 0.25) is 0 Å². The molecule has 0 amide bonds. The lowest BCUT2D eigenvalue weighted by molar-refractivity contribution is 0.184. The van der Waals surface area contributed by atoms with E-state index in [9.17, 15) is 0 Å². The highest BCUT2D eigenvalue weighted by Gasteiger charge is 2.04. The van der Waals surface area contributed by atoms with Crippen LogP contribution in [-0.4, -0.2) is 12.1 Å². The molecule has 0 spiro atoms. The number of methoxy groups -OCH3 is 1. The molecule has 0 aliphatic heterocycles. The quantitative estimate of drug-likeness (QED) is 0.766. The SMILES string of the molecule is COCc1ccccc1CNc1cccc2cccnc12. The van der Waals surface area contributed by atoms with Gasteiger partial charge in [-0.15, -0.1) is 0 Å². The van der Waals surface area contributed by atoms with Crippen molar-refractivity contribution in [1.82, 2.24) is 4.98 Å². The third kappa shape index (κ3) is 3.03. The Balaban J connectivity index is 1.84. The predicted octanol–water partition coefficient (Wildman–Crippen LogP) is 3.99. The molecule has 0 unspecified atom stereocenters. The lowest BCUT2D eigenvalue weighted by atomic mass is 10.1. The average molecular weight is 278 g/mol. The molecule has 3 heteroatoms. The molecular weight excluding hydrogens is 260 g/mol. The number of nitrogens with zero attached hydrogens (tertiary/aromatic N) is 1. The zero-order chi connectivity index (χ0) is 14.5. The van der Waals surface area contributed by atoms with E-state index in [-0.39, 0.29) is 0 Å². The van der Waals surface area contributed by atoms with Crippen LogP contribution in [0.3, 0.4) is 0 Å². The fourth-order valence-corrected chi connectivity index (χ4v) is 2.46. The van der Waals surface area contributed by atoms with Gasteiger partial charge >= 0.3 is 0 Å². The smallest absolute Gasteiger partial charge is 0.0933 e. The van der Waals surface area contributed by atoms with Crippen molar-refractivity contribution in [2.75, 3.05) is 12.4 Å². The first-order valence-corrected chi connectivity index (χ1v) is 7.02. The van der Waals surface area contributed by atoms with E-state index in [0.29, 0.717) is 6.61 Å². The molecule has 0 aliphatic carbocycles. The lowest BCUT2D eigenvalue weighted by Gasteiger charge is -2.12. The van der Waals surface area contributed by atoms with Gasteiger partial charge < -0.3 is 10.1 Å². The molecule has 0 radical (unpaired) electrons. The maximum Gasteiger partial charge on any atom is 0.0933 e. The number of benzene rings is 2. The van der Waals surface area contributed by atoms with E-state index in [1.54, 1.807) is 7.11 Å². The van der Waals surface area contributed by atoms with E-state index in [1.807, 2.05) is 24.4 Å². The molecule has 0 bridgehead atoms. The van der Waals surface area contributed by atoms with E-state index >= 15 is 0 Å². The molecule has 106 valence electrons. The maximum absolute atomic E-state index is 5.25. The number of hydrogen-bond donors (Lipinski definition) is 1. The summed E-state index contributed by atoms with van der Waals surface area (Å²) in [6.07, 6.45) is 1.83. The molecule has 1 aromatic heterocycles. The maximum atomic E-state index is 5.25. The Bertz CT molecular complexity index is 735. The number of rotatable bonds is 5. The van der Waals surface area contributed by atoms with Crippen molar-refractivity contribution in [2.45, 2.75) is 13.2 Å². The number of hydrogen-bond acceptors (Lipinski definition) is 3. The fourth-order valence-electron chi connectivity index (χ4n) is 2.46. The summed E-state index contributed by atoms with van der Waals surface area (Å²) in [7, 11) is 1.72. The fraction of sp³-hybridized carbons (Fsp3) is 0.167. The molecule has 3 rings (SSSR count). The van der Waals surface area contributed by atoms with Crippen LogP contribution in [-0.2, 0) is 17.9 Å². The molecule has 0 saturated heterocycles. The number of anilines is 1. The molecule has 0 saturated carbocycles. The van der Waals surface area contributed by atoms with E-state index in [0.717, 1.165) is 23.1 Å². The summed E-state index contributed by atoms with van der Waals surface area (Å²) in [6, 6.07) is 18.5. The second-order valence-corrected chi connectivity index (χ2v) is 4.94. The van der Waals surface area contributed by atoms with Crippen LogP contribution in [0.15, 0.2) is 60.8 Å². The molecule has 3 aromatic rings. The normalized spacial score (nSPS) is 10.7. The summed E-state index contributed by atoms with van der Waals surface area (Å²) >= 11 is 0. The van der Waals surface area contributed by atoms with E-state index < -0.39 is 0 Å². The molecule has 1 heterocycles. The van der Waals surface area contributed by atoms with Gasteiger partial charge in [-0.1, -0.05) is 42.5 Å². The zero-order valence-corrected chi connectivity index (χ0v) is 12.0. The molecule has 1 N–H and O–H groups in total. The highest BCUT2D eigenvalue weighted by molar-refractivity contribution is 5.90. The van der Waals surface area contributed by atoms with Crippen molar-refractivity contribution in [3.8, 4) is 0 Å². The van der Waals surface area contributed by atoms with E-state index in [2.05, 4.69) is 46.7 Å². The molecule has 0 aliphatic rings. The Morgan fingerprint density at radius 1 is 0.952 bits per heavy atom. The summed E-state index contributed by atoms with van der Waals surface area (Å²) in [4.78, 5) is 4.47. The summed E-state index contributed by atoms with van der Waals surface area (Å²) in [5.74, 6) is 0. The van der Waals surface area contributed by atoms with Crippen LogP contribution in [0.4, 0.5) is 5.69 Å². The number of ether oxygens (including phenoxy) is 1. The molecule has 21 heavy (non-hydrogen) atoms. The molecule has 3 nitrogen and oxygen atoms in total. The van der Waals surface area contributed by atoms with Gasteiger partial charge in [0.25, 0.3) is 0 Å². The number of para-hydroxylation sites is 1. The lowest BCUT2D eigenvalue weighted by Crippen LogP contribution is -2.04. The average Bonchev–Trinajstić information content (AvgIpc) is 2.54. The molecular formula is C18H18N2O. The summed E-state index contributed by atoms with van der Waals surface area (Å²) in [5, 5.41) is 4.63. The zero-order valence-electron chi connectivity index (χ0n) is 12.0. The van der Waals surface area contributed by atoms with Crippen molar-refractivity contribution in [3.63, 3.8) is 0 Å². The Kier molecular flexibility index (Phi) is 4.12. The number of aromatic nitrogens is 1. The summed E-state index contributed by atoms with van der Waals surface area (Å²) in [5.41, 5.74) is 4.51. The van der Waals surface area contributed by atoms with Crippen LogP contribution < -0.4 is 5.32 Å². The topological polar surface area (TPSA) is 34.1 Å². The first-order chi connectivity index (χ1) is 10.4. The number of nitrogens with one attached hydrogen (secondary N) is 1. The summed E-state index contributed by atoms with van der Waals surface area (Å²) in [6.45, 7) is 1.39. The van der Waals surface area contributed by atoms with Gasteiger partial charge in [-0.25, -0.2) is 0 Å². The Labute approximate surface area is 124 Å². The number of fused-ring (bicyclic) bond motifs is 1. The highest BCUT2D eigenvalue weighted by Crippen LogP contribution is 2.21. The van der Waals surface area contributed by atoms with Crippen LogP contribution in [0, 0.1) is 0 Å². The Hall–Kier alpha value is -2.39. The van der Waals surface area contributed by atoms with Crippen molar-refractivity contribution in [3.05, 3.63) is 71.9 Å². The third-order valence-corrected chi connectivity index (χ3v) is 3.52. The highest BCUT2D eigenvalue weighted by atomic mass is 16.5. The first-order valence-electron chi connectivity index (χ1n) is 7.02. The van der Waals surface area contributed by atoms with Crippen LogP contribution in [0.5, 0.6) is 0 Å². The summed E-state index contributed by atoms with van der Waals surface area (Å²) < 4.78 is 5.25. The molecule has 0 fully saturated rings. The van der Waals surface area contributed by atoms with E-state index in [1.165, 1.54) is 11.1 Å². The second-order valence-electron chi connectivity index (χ2n) is 4.94. The second kappa shape index (κ2) is 6.37. The third-order valence-electron chi connectivity index (χ3n) is 3.52. The van der Waals surface area contributed by atoms with Crippen molar-refractivity contribution < 1.29 is 4.74 Å². The predicted molar refractivity (Wildman–Crippen MR) is 86.2 cm³/mol. The van der Waals surface area contributed by atoms with E-state index in [4.69, 9.17) is 4.74 Å². The van der Waals surface area contributed by atoms with Gasteiger partial charge in [0, 0.05) is 25.2 Å². The van der Waals surface area contributed by atoms with Gasteiger partial charge in [0.05, 0.1) is 17.8 Å². The monoisotopic (exact) mass is 278 g/mol. The van der Waals surface area contributed by atoms with Gasteiger partial charge in [0.15, 0.2) is 0 Å². The van der Waals surface area contributed by atoms with Gasteiger partial charge in [-0.2, -0.15) is 0 Å². The van der Waals surface area contributed by atoms with Gasteiger partial charge in [-0.05, 0) is 23.3 Å². The van der Waals surface area contributed by atoms with Crippen molar-refractivity contribution in [2.24, 2.45) is 0 Å². The Morgan fingerprint density at radius 3 is 2.62 bits per heavy atom. The van der Waals surface area contributed by atoms with Gasteiger partial charge in [0.1, 0.15) is 0 Å². The number of pyridine rings is 1. The van der Waals surface area contributed by atoms with Crippen molar-refractivity contribution in [1.29, 1.82) is 0 Å². The molecule has 0 atom stereocenters.